The van der Waals surface area contributed by atoms with Gasteiger partial charge in [0.05, 0.1) is 11.2 Å². The van der Waals surface area contributed by atoms with Gasteiger partial charge in [0.2, 0.25) is 0 Å². The molecule has 0 aliphatic rings. The number of rotatable bonds is 3. The SMILES string of the molecule is Cc1ccc2cccc(NCc3ccncc3)c2n1. The lowest BCUT2D eigenvalue weighted by Crippen LogP contribution is -2.00. The van der Waals surface area contributed by atoms with Crippen molar-refractivity contribution in [2.45, 2.75) is 13.5 Å². The molecule has 19 heavy (non-hydrogen) atoms. The van der Waals surface area contributed by atoms with Crippen LogP contribution >= 0.6 is 0 Å². The average Bonchev–Trinajstić information content (AvgIpc) is 2.46. The van der Waals surface area contributed by atoms with Gasteiger partial charge < -0.3 is 5.32 Å². The Bertz CT molecular complexity index is 693. The molecule has 0 spiro atoms. The number of nitrogens with zero attached hydrogens (tertiary/aromatic N) is 2. The molecule has 3 aromatic rings. The molecule has 94 valence electrons. The summed E-state index contributed by atoms with van der Waals surface area (Å²) in [5.74, 6) is 0. The van der Waals surface area contributed by atoms with Crippen molar-refractivity contribution in [2.24, 2.45) is 0 Å². The summed E-state index contributed by atoms with van der Waals surface area (Å²) in [5.41, 5.74) is 4.33. The summed E-state index contributed by atoms with van der Waals surface area (Å²) in [6.07, 6.45) is 3.62. The molecule has 3 rings (SSSR count). The van der Waals surface area contributed by atoms with Crippen molar-refractivity contribution in [3.05, 3.63) is 66.1 Å². The summed E-state index contributed by atoms with van der Waals surface area (Å²) in [6.45, 7) is 2.79. The van der Waals surface area contributed by atoms with Crippen LogP contribution in [0.5, 0.6) is 0 Å². The van der Waals surface area contributed by atoms with E-state index in [1.165, 1.54) is 5.56 Å². The number of pyridine rings is 2. The smallest absolute Gasteiger partial charge is 0.0936 e. The number of benzene rings is 1. The minimum atomic E-state index is 0.775. The molecule has 0 amide bonds. The van der Waals surface area contributed by atoms with Crippen LogP contribution in [0.15, 0.2) is 54.9 Å². The molecular weight excluding hydrogens is 234 g/mol. The Balaban J connectivity index is 1.90. The molecule has 2 heterocycles. The summed E-state index contributed by atoms with van der Waals surface area (Å²) >= 11 is 0. The van der Waals surface area contributed by atoms with E-state index < -0.39 is 0 Å². The minimum Gasteiger partial charge on any atom is -0.379 e. The largest absolute Gasteiger partial charge is 0.379 e. The first-order valence-corrected chi connectivity index (χ1v) is 6.32. The lowest BCUT2D eigenvalue weighted by atomic mass is 10.1. The van der Waals surface area contributed by atoms with Gasteiger partial charge >= 0.3 is 0 Å². The average molecular weight is 249 g/mol. The number of anilines is 1. The fraction of sp³-hybridized carbons (Fsp3) is 0.125. The fourth-order valence-electron chi connectivity index (χ4n) is 2.09. The van der Waals surface area contributed by atoms with Gasteiger partial charge in [-0.25, -0.2) is 0 Å². The van der Waals surface area contributed by atoms with Crippen LogP contribution in [0.3, 0.4) is 0 Å². The number of aromatic nitrogens is 2. The van der Waals surface area contributed by atoms with Crippen molar-refractivity contribution in [3.8, 4) is 0 Å². The Kier molecular flexibility index (Phi) is 3.11. The fourth-order valence-corrected chi connectivity index (χ4v) is 2.09. The van der Waals surface area contributed by atoms with Crippen LogP contribution in [0.2, 0.25) is 0 Å². The highest BCUT2D eigenvalue weighted by Crippen LogP contribution is 2.22. The first kappa shape index (κ1) is 11.7. The second kappa shape index (κ2) is 5.06. The molecular formula is C16H15N3. The van der Waals surface area contributed by atoms with Crippen LogP contribution < -0.4 is 5.32 Å². The van der Waals surface area contributed by atoms with Gasteiger partial charge in [-0.3, -0.25) is 9.97 Å². The minimum absolute atomic E-state index is 0.775. The number of hydrogen-bond donors (Lipinski definition) is 1. The van der Waals surface area contributed by atoms with Crippen molar-refractivity contribution in [2.75, 3.05) is 5.32 Å². The van der Waals surface area contributed by atoms with Crippen molar-refractivity contribution in [1.82, 2.24) is 9.97 Å². The summed E-state index contributed by atoms with van der Waals surface area (Å²) in [5, 5.41) is 4.60. The molecule has 3 heteroatoms. The standard InChI is InChI=1S/C16H15N3/c1-12-5-6-14-3-2-4-15(16(14)19-12)18-11-13-7-9-17-10-8-13/h2-10,18H,11H2,1H3. The summed E-state index contributed by atoms with van der Waals surface area (Å²) in [6, 6.07) is 14.4. The highest BCUT2D eigenvalue weighted by Gasteiger charge is 2.02. The highest BCUT2D eigenvalue weighted by atomic mass is 14.9. The Morgan fingerprint density at radius 3 is 2.68 bits per heavy atom. The van der Waals surface area contributed by atoms with E-state index in [4.69, 9.17) is 0 Å². The Hall–Kier alpha value is -2.42. The molecule has 0 atom stereocenters. The predicted octanol–water partition coefficient (Wildman–Crippen LogP) is 3.55. The quantitative estimate of drug-likeness (QED) is 0.771. The Morgan fingerprint density at radius 2 is 1.84 bits per heavy atom. The number of nitrogens with one attached hydrogen (secondary N) is 1. The molecule has 0 fully saturated rings. The maximum absolute atomic E-state index is 4.61. The van der Waals surface area contributed by atoms with Gasteiger partial charge in [0.1, 0.15) is 0 Å². The van der Waals surface area contributed by atoms with Crippen LogP contribution in [0.4, 0.5) is 5.69 Å². The molecule has 0 saturated carbocycles. The topological polar surface area (TPSA) is 37.8 Å². The Morgan fingerprint density at radius 1 is 1.00 bits per heavy atom. The third-order valence-corrected chi connectivity index (χ3v) is 3.09. The number of fused-ring (bicyclic) bond motifs is 1. The molecule has 0 aliphatic carbocycles. The van der Waals surface area contributed by atoms with Crippen LogP contribution in [-0.2, 0) is 6.54 Å². The van der Waals surface area contributed by atoms with Gasteiger partial charge in [-0.2, -0.15) is 0 Å². The zero-order valence-electron chi connectivity index (χ0n) is 10.8. The van der Waals surface area contributed by atoms with Crippen LogP contribution in [0, 0.1) is 6.92 Å². The van der Waals surface area contributed by atoms with Crippen LogP contribution in [0.1, 0.15) is 11.3 Å². The molecule has 0 saturated heterocycles. The van der Waals surface area contributed by atoms with Gasteiger partial charge in [0.15, 0.2) is 0 Å². The normalized spacial score (nSPS) is 10.6. The maximum Gasteiger partial charge on any atom is 0.0936 e. The highest BCUT2D eigenvalue weighted by molar-refractivity contribution is 5.90. The van der Waals surface area contributed by atoms with E-state index in [0.717, 1.165) is 28.8 Å². The van der Waals surface area contributed by atoms with E-state index in [0.29, 0.717) is 0 Å². The van der Waals surface area contributed by atoms with Crippen LogP contribution in [0.25, 0.3) is 10.9 Å². The second-order valence-corrected chi connectivity index (χ2v) is 4.54. The summed E-state index contributed by atoms with van der Waals surface area (Å²) in [4.78, 5) is 8.63. The number of para-hydroxylation sites is 1. The van der Waals surface area contributed by atoms with E-state index in [1.807, 2.05) is 43.6 Å². The molecule has 3 nitrogen and oxygen atoms in total. The van der Waals surface area contributed by atoms with E-state index in [9.17, 15) is 0 Å². The predicted molar refractivity (Wildman–Crippen MR) is 78.0 cm³/mol. The lowest BCUT2D eigenvalue weighted by Gasteiger charge is -2.09. The first-order valence-electron chi connectivity index (χ1n) is 6.32. The molecule has 0 aliphatic heterocycles. The monoisotopic (exact) mass is 249 g/mol. The van der Waals surface area contributed by atoms with Gasteiger partial charge in [-0.15, -0.1) is 0 Å². The third kappa shape index (κ3) is 2.55. The molecule has 1 aromatic carbocycles. The zero-order valence-corrected chi connectivity index (χ0v) is 10.8. The van der Waals surface area contributed by atoms with Crippen molar-refractivity contribution in [1.29, 1.82) is 0 Å². The molecule has 0 unspecified atom stereocenters. The Labute approximate surface area is 112 Å². The lowest BCUT2D eigenvalue weighted by molar-refractivity contribution is 1.13. The first-order chi connectivity index (χ1) is 9.33. The summed E-state index contributed by atoms with van der Waals surface area (Å²) in [7, 11) is 0. The second-order valence-electron chi connectivity index (χ2n) is 4.54. The van der Waals surface area contributed by atoms with E-state index in [2.05, 4.69) is 33.5 Å². The van der Waals surface area contributed by atoms with E-state index in [-0.39, 0.29) is 0 Å². The van der Waals surface area contributed by atoms with Gasteiger partial charge in [-0.1, -0.05) is 18.2 Å². The summed E-state index contributed by atoms with van der Waals surface area (Å²) < 4.78 is 0. The molecule has 0 bridgehead atoms. The molecule has 0 radical (unpaired) electrons. The van der Waals surface area contributed by atoms with Crippen molar-refractivity contribution < 1.29 is 0 Å². The van der Waals surface area contributed by atoms with Crippen molar-refractivity contribution in [3.63, 3.8) is 0 Å². The third-order valence-electron chi connectivity index (χ3n) is 3.09. The number of hydrogen-bond acceptors (Lipinski definition) is 3. The molecule has 2 aromatic heterocycles. The van der Waals surface area contributed by atoms with Gasteiger partial charge in [0, 0.05) is 30.0 Å². The zero-order chi connectivity index (χ0) is 13.1. The van der Waals surface area contributed by atoms with Crippen molar-refractivity contribution >= 4 is 16.6 Å². The van der Waals surface area contributed by atoms with E-state index >= 15 is 0 Å². The van der Waals surface area contributed by atoms with E-state index in [1.54, 1.807) is 0 Å². The maximum atomic E-state index is 4.61. The molecule has 1 N–H and O–H groups in total. The number of aryl methyl sites for hydroxylation is 1. The van der Waals surface area contributed by atoms with Gasteiger partial charge in [0.25, 0.3) is 0 Å². The van der Waals surface area contributed by atoms with Gasteiger partial charge in [-0.05, 0) is 36.8 Å². The van der Waals surface area contributed by atoms with Crippen LogP contribution in [-0.4, -0.2) is 9.97 Å².